The minimum absolute atomic E-state index is 0.148. The van der Waals surface area contributed by atoms with Crippen LogP contribution in [-0.2, 0) is 17.6 Å². The van der Waals surface area contributed by atoms with Crippen LogP contribution in [0.15, 0.2) is 48.8 Å². The van der Waals surface area contributed by atoms with Crippen molar-refractivity contribution in [3.63, 3.8) is 0 Å². The summed E-state index contributed by atoms with van der Waals surface area (Å²) >= 11 is 0. The summed E-state index contributed by atoms with van der Waals surface area (Å²) in [6.07, 6.45) is 9.32. The first-order valence-electron chi connectivity index (χ1n) is 9.32. The van der Waals surface area contributed by atoms with Gasteiger partial charge < -0.3 is 5.32 Å². The summed E-state index contributed by atoms with van der Waals surface area (Å²) in [6, 6.07) is 12.4. The van der Waals surface area contributed by atoms with Gasteiger partial charge in [-0.2, -0.15) is 5.10 Å². The first-order chi connectivity index (χ1) is 12.7. The van der Waals surface area contributed by atoms with Gasteiger partial charge in [-0.15, -0.1) is 0 Å². The van der Waals surface area contributed by atoms with E-state index < -0.39 is 0 Å². The van der Waals surface area contributed by atoms with E-state index in [1.807, 2.05) is 36.0 Å². The van der Waals surface area contributed by atoms with Crippen LogP contribution < -0.4 is 5.32 Å². The fourth-order valence-electron chi connectivity index (χ4n) is 3.03. The third-order valence-electron chi connectivity index (χ3n) is 4.42. The number of fused-ring (bicyclic) bond motifs is 1. The van der Waals surface area contributed by atoms with Crippen LogP contribution in [0.4, 0.5) is 0 Å². The minimum Gasteiger partial charge on any atom is -0.356 e. The van der Waals surface area contributed by atoms with Gasteiger partial charge in [-0.25, -0.2) is 9.50 Å². The van der Waals surface area contributed by atoms with Gasteiger partial charge >= 0.3 is 0 Å². The first kappa shape index (κ1) is 18.1. The molecule has 2 heterocycles. The lowest BCUT2D eigenvalue weighted by Crippen LogP contribution is -2.24. The summed E-state index contributed by atoms with van der Waals surface area (Å²) in [7, 11) is 0. The van der Waals surface area contributed by atoms with Crippen molar-refractivity contribution in [3.8, 4) is 0 Å². The van der Waals surface area contributed by atoms with Gasteiger partial charge in [0.05, 0.1) is 5.69 Å². The van der Waals surface area contributed by atoms with Gasteiger partial charge in [0.15, 0.2) is 5.65 Å². The Labute approximate surface area is 154 Å². The SMILES string of the molecule is Cc1cc2ncc(CCCNC(=O)CCCCc3ccccc3)cn2n1. The summed E-state index contributed by atoms with van der Waals surface area (Å²) < 4.78 is 1.82. The summed E-state index contributed by atoms with van der Waals surface area (Å²) in [5.74, 6) is 0.148. The molecule has 3 aromatic rings. The molecule has 1 N–H and O–H groups in total. The van der Waals surface area contributed by atoms with Gasteiger partial charge in [-0.3, -0.25) is 4.79 Å². The van der Waals surface area contributed by atoms with Crippen LogP contribution in [-0.4, -0.2) is 27.0 Å². The zero-order valence-corrected chi connectivity index (χ0v) is 15.3. The largest absolute Gasteiger partial charge is 0.356 e. The van der Waals surface area contributed by atoms with Crippen molar-refractivity contribution in [1.29, 1.82) is 0 Å². The van der Waals surface area contributed by atoms with E-state index in [0.717, 1.165) is 49.0 Å². The van der Waals surface area contributed by atoms with Crippen LogP contribution >= 0.6 is 0 Å². The fourth-order valence-corrected chi connectivity index (χ4v) is 3.03. The van der Waals surface area contributed by atoms with Gasteiger partial charge in [0, 0.05) is 31.4 Å². The number of nitrogens with zero attached hydrogens (tertiary/aromatic N) is 3. The molecule has 0 saturated heterocycles. The van der Waals surface area contributed by atoms with E-state index in [2.05, 4.69) is 39.7 Å². The Morgan fingerprint density at radius 2 is 1.88 bits per heavy atom. The Morgan fingerprint density at radius 3 is 2.73 bits per heavy atom. The third-order valence-corrected chi connectivity index (χ3v) is 4.42. The Balaban J connectivity index is 1.29. The smallest absolute Gasteiger partial charge is 0.219 e. The zero-order valence-electron chi connectivity index (χ0n) is 15.3. The molecule has 26 heavy (non-hydrogen) atoms. The number of carbonyl (C=O) groups is 1. The highest BCUT2D eigenvalue weighted by molar-refractivity contribution is 5.75. The van der Waals surface area contributed by atoms with Gasteiger partial charge in [0.2, 0.25) is 5.91 Å². The van der Waals surface area contributed by atoms with Gasteiger partial charge in [0.25, 0.3) is 0 Å². The molecule has 2 aromatic heterocycles. The quantitative estimate of drug-likeness (QED) is 0.601. The van der Waals surface area contributed by atoms with E-state index in [9.17, 15) is 4.79 Å². The normalized spacial score (nSPS) is 11.0. The number of hydrogen-bond donors (Lipinski definition) is 1. The average molecular weight is 350 g/mol. The van der Waals surface area contributed by atoms with Crippen molar-refractivity contribution in [2.75, 3.05) is 6.54 Å². The van der Waals surface area contributed by atoms with Gasteiger partial charge in [0.1, 0.15) is 0 Å². The molecule has 0 bridgehead atoms. The molecule has 0 radical (unpaired) electrons. The topological polar surface area (TPSA) is 59.3 Å². The maximum Gasteiger partial charge on any atom is 0.219 e. The molecule has 5 nitrogen and oxygen atoms in total. The standard InChI is InChI=1S/C21H26N4O/c1-17-14-20-23-15-19(16-25(20)24-17)11-7-13-22-21(26)12-6-5-10-18-8-3-2-4-9-18/h2-4,8-9,14-16H,5-7,10-13H2,1H3,(H,22,26). The third kappa shape index (κ3) is 5.41. The first-order valence-corrected chi connectivity index (χ1v) is 9.32. The van der Waals surface area contributed by atoms with Crippen LogP contribution in [0.2, 0.25) is 0 Å². The molecule has 5 heteroatoms. The Morgan fingerprint density at radius 1 is 1.08 bits per heavy atom. The number of benzene rings is 1. The van der Waals surface area contributed by atoms with E-state index >= 15 is 0 Å². The molecule has 0 fully saturated rings. The monoisotopic (exact) mass is 350 g/mol. The predicted molar refractivity (Wildman–Crippen MR) is 103 cm³/mol. The molecular formula is C21H26N4O. The zero-order chi connectivity index (χ0) is 18.2. The lowest BCUT2D eigenvalue weighted by molar-refractivity contribution is -0.121. The number of nitrogens with one attached hydrogen (secondary N) is 1. The molecule has 0 aliphatic carbocycles. The van der Waals surface area contributed by atoms with Crippen LogP contribution in [0.1, 0.15) is 42.5 Å². The van der Waals surface area contributed by atoms with E-state index in [1.165, 1.54) is 5.56 Å². The summed E-state index contributed by atoms with van der Waals surface area (Å²) in [5.41, 5.74) is 4.31. The molecule has 1 aromatic carbocycles. The number of unbranched alkanes of at least 4 members (excludes halogenated alkanes) is 1. The second kappa shape index (κ2) is 9.13. The second-order valence-electron chi connectivity index (χ2n) is 6.70. The maximum atomic E-state index is 11.9. The Hall–Kier alpha value is -2.69. The number of carbonyl (C=O) groups excluding carboxylic acids is 1. The van der Waals surface area contributed by atoms with Crippen molar-refractivity contribution in [3.05, 3.63) is 65.6 Å². The highest BCUT2D eigenvalue weighted by atomic mass is 16.1. The van der Waals surface area contributed by atoms with Crippen molar-refractivity contribution >= 4 is 11.6 Å². The second-order valence-corrected chi connectivity index (χ2v) is 6.70. The Bertz CT molecular complexity index is 842. The number of aromatic nitrogens is 3. The molecule has 0 saturated carbocycles. The number of aryl methyl sites for hydroxylation is 3. The minimum atomic E-state index is 0.148. The van der Waals surface area contributed by atoms with Crippen LogP contribution in [0.5, 0.6) is 0 Å². The molecule has 3 rings (SSSR count). The maximum absolute atomic E-state index is 11.9. The van der Waals surface area contributed by atoms with Crippen LogP contribution in [0.3, 0.4) is 0 Å². The van der Waals surface area contributed by atoms with Crippen molar-refractivity contribution in [2.24, 2.45) is 0 Å². The number of rotatable bonds is 9. The van der Waals surface area contributed by atoms with Crippen LogP contribution in [0, 0.1) is 6.92 Å². The Kier molecular flexibility index (Phi) is 6.36. The summed E-state index contributed by atoms with van der Waals surface area (Å²) in [5, 5.41) is 7.39. The summed E-state index contributed by atoms with van der Waals surface area (Å²) in [4.78, 5) is 16.3. The molecule has 0 unspecified atom stereocenters. The lowest BCUT2D eigenvalue weighted by atomic mass is 10.1. The average Bonchev–Trinajstić information content (AvgIpc) is 3.02. The molecule has 0 atom stereocenters. The molecule has 136 valence electrons. The highest BCUT2D eigenvalue weighted by Crippen LogP contribution is 2.07. The molecular weight excluding hydrogens is 324 g/mol. The molecule has 0 aliphatic rings. The van der Waals surface area contributed by atoms with Crippen molar-refractivity contribution in [1.82, 2.24) is 19.9 Å². The number of amides is 1. The van der Waals surface area contributed by atoms with Crippen molar-refractivity contribution in [2.45, 2.75) is 45.4 Å². The highest BCUT2D eigenvalue weighted by Gasteiger charge is 2.03. The van der Waals surface area contributed by atoms with Gasteiger partial charge in [-0.1, -0.05) is 30.3 Å². The molecule has 0 aliphatic heterocycles. The van der Waals surface area contributed by atoms with Gasteiger partial charge in [-0.05, 0) is 50.2 Å². The molecule has 0 spiro atoms. The predicted octanol–water partition coefficient (Wildman–Crippen LogP) is 3.50. The van der Waals surface area contributed by atoms with Crippen molar-refractivity contribution < 1.29 is 4.79 Å². The van der Waals surface area contributed by atoms with E-state index in [-0.39, 0.29) is 5.91 Å². The molecule has 1 amide bonds. The fraction of sp³-hybridized carbons (Fsp3) is 0.381. The summed E-state index contributed by atoms with van der Waals surface area (Å²) in [6.45, 7) is 2.66. The van der Waals surface area contributed by atoms with E-state index in [4.69, 9.17) is 0 Å². The van der Waals surface area contributed by atoms with E-state index in [1.54, 1.807) is 0 Å². The van der Waals surface area contributed by atoms with Crippen LogP contribution in [0.25, 0.3) is 5.65 Å². The number of hydrogen-bond acceptors (Lipinski definition) is 3. The van der Waals surface area contributed by atoms with E-state index in [0.29, 0.717) is 13.0 Å². The lowest BCUT2D eigenvalue weighted by Gasteiger charge is -2.06.